The summed E-state index contributed by atoms with van der Waals surface area (Å²) in [6.07, 6.45) is 1.23. The first-order valence-corrected chi connectivity index (χ1v) is 8.20. The maximum absolute atomic E-state index is 6.34. The van der Waals surface area contributed by atoms with E-state index < -0.39 is 0 Å². The lowest BCUT2D eigenvalue weighted by molar-refractivity contribution is 0.276. The Labute approximate surface area is 125 Å². The maximum atomic E-state index is 6.34. The molecule has 1 fully saturated rings. The molecular weight excluding hydrogens is 276 g/mol. The van der Waals surface area contributed by atoms with Gasteiger partial charge in [0.1, 0.15) is 0 Å². The van der Waals surface area contributed by atoms with Crippen LogP contribution in [0, 0.1) is 0 Å². The Morgan fingerprint density at radius 2 is 2.16 bits per heavy atom. The molecule has 1 heterocycles. The molecule has 0 aliphatic carbocycles. The van der Waals surface area contributed by atoms with Crippen molar-refractivity contribution in [1.29, 1.82) is 0 Å². The van der Waals surface area contributed by atoms with Gasteiger partial charge in [-0.25, -0.2) is 0 Å². The third kappa shape index (κ3) is 4.38. The van der Waals surface area contributed by atoms with Gasteiger partial charge >= 0.3 is 0 Å². The molecule has 2 N–H and O–H groups in total. The average molecular weight is 299 g/mol. The van der Waals surface area contributed by atoms with Crippen molar-refractivity contribution in [3.63, 3.8) is 0 Å². The molecule has 0 unspecified atom stereocenters. The Bertz CT molecular complexity index is 434. The van der Waals surface area contributed by atoms with E-state index in [9.17, 15) is 0 Å². The molecule has 0 spiro atoms. The van der Waals surface area contributed by atoms with Crippen LogP contribution >= 0.6 is 23.4 Å². The zero-order chi connectivity index (χ0) is 13.9. The van der Waals surface area contributed by atoms with Gasteiger partial charge in [0.05, 0.1) is 0 Å². The van der Waals surface area contributed by atoms with E-state index in [2.05, 4.69) is 42.6 Å². The number of halogens is 1. The molecule has 0 radical (unpaired) electrons. The van der Waals surface area contributed by atoms with Gasteiger partial charge in [0.15, 0.2) is 0 Å². The molecule has 0 amide bonds. The molecule has 19 heavy (non-hydrogen) atoms. The molecule has 1 aromatic rings. The smallest absolute Gasteiger partial charge is 0.0454 e. The second kappa shape index (κ2) is 6.49. The Hall–Kier alpha value is -0.220. The van der Waals surface area contributed by atoms with Crippen LogP contribution in [0.3, 0.4) is 0 Å². The van der Waals surface area contributed by atoms with E-state index in [1.54, 1.807) is 0 Å². The quantitative estimate of drug-likeness (QED) is 0.926. The summed E-state index contributed by atoms with van der Waals surface area (Å²) in [5.74, 6) is 1.20. The molecule has 0 aromatic heterocycles. The standard InChI is InChI=1S/C15H23ClN2S/c1-15(2)5-6-18(7-8-19-15)11-13-4-3-12(10-17)9-14(13)16/h3-4,9H,5-8,10-11,17H2,1-2H3. The largest absolute Gasteiger partial charge is 0.326 e. The SMILES string of the molecule is CC1(C)CCN(Cc2ccc(CN)cc2Cl)CCS1. The van der Waals surface area contributed by atoms with Crippen molar-refractivity contribution in [1.82, 2.24) is 4.90 Å². The molecule has 1 aliphatic rings. The summed E-state index contributed by atoms with van der Waals surface area (Å²) in [5.41, 5.74) is 7.94. The van der Waals surface area contributed by atoms with Gasteiger partial charge in [-0.2, -0.15) is 11.8 Å². The van der Waals surface area contributed by atoms with Crippen molar-refractivity contribution in [2.24, 2.45) is 5.73 Å². The van der Waals surface area contributed by atoms with Crippen molar-refractivity contribution >= 4 is 23.4 Å². The van der Waals surface area contributed by atoms with Crippen molar-refractivity contribution in [3.8, 4) is 0 Å². The molecule has 1 aromatic carbocycles. The Balaban J connectivity index is 2.01. The van der Waals surface area contributed by atoms with Gasteiger partial charge in [0.2, 0.25) is 0 Å². The lowest BCUT2D eigenvalue weighted by Gasteiger charge is -2.23. The zero-order valence-corrected chi connectivity index (χ0v) is 13.4. The van der Waals surface area contributed by atoms with Gasteiger partial charge in [-0.05, 0) is 30.2 Å². The second-order valence-electron chi connectivity index (χ2n) is 5.76. The first-order chi connectivity index (χ1) is 9.00. The van der Waals surface area contributed by atoms with Crippen LogP contribution in [-0.2, 0) is 13.1 Å². The molecular formula is C15H23ClN2S. The van der Waals surface area contributed by atoms with Gasteiger partial charge in [0.25, 0.3) is 0 Å². The minimum atomic E-state index is 0.405. The average Bonchev–Trinajstić information content (AvgIpc) is 2.53. The Kier molecular flexibility index (Phi) is 5.18. The summed E-state index contributed by atoms with van der Waals surface area (Å²) in [7, 11) is 0. The highest BCUT2D eigenvalue weighted by molar-refractivity contribution is 8.00. The van der Waals surface area contributed by atoms with Crippen molar-refractivity contribution in [3.05, 3.63) is 34.3 Å². The topological polar surface area (TPSA) is 29.3 Å². The van der Waals surface area contributed by atoms with Crippen molar-refractivity contribution in [2.75, 3.05) is 18.8 Å². The summed E-state index contributed by atoms with van der Waals surface area (Å²) < 4.78 is 0.405. The lowest BCUT2D eigenvalue weighted by Crippen LogP contribution is -2.27. The predicted molar refractivity (Wildman–Crippen MR) is 85.8 cm³/mol. The molecule has 0 saturated carbocycles. The maximum Gasteiger partial charge on any atom is 0.0454 e. The minimum absolute atomic E-state index is 0.405. The van der Waals surface area contributed by atoms with Gasteiger partial charge < -0.3 is 5.73 Å². The van der Waals surface area contributed by atoms with Crippen LogP contribution in [0.2, 0.25) is 5.02 Å². The van der Waals surface area contributed by atoms with Crippen LogP contribution in [0.25, 0.3) is 0 Å². The molecule has 0 atom stereocenters. The molecule has 1 saturated heterocycles. The minimum Gasteiger partial charge on any atom is -0.326 e. The first-order valence-electron chi connectivity index (χ1n) is 6.84. The predicted octanol–water partition coefficient (Wildman–Crippen LogP) is 3.52. The lowest BCUT2D eigenvalue weighted by atomic mass is 10.1. The van der Waals surface area contributed by atoms with Gasteiger partial charge in [-0.1, -0.05) is 37.6 Å². The van der Waals surface area contributed by atoms with E-state index in [1.165, 1.54) is 17.7 Å². The van der Waals surface area contributed by atoms with E-state index in [-0.39, 0.29) is 0 Å². The number of rotatable bonds is 3. The highest BCUT2D eigenvalue weighted by Crippen LogP contribution is 2.31. The van der Waals surface area contributed by atoms with Crippen molar-refractivity contribution < 1.29 is 0 Å². The molecule has 2 nitrogen and oxygen atoms in total. The molecule has 4 heteroatoms. The monoisotopic (exact) mass is 298 g/mol. The number of hydrogen-bond acceptors (Lipinski definition) is 3. The number of hydrogen-bond donors (Lipinski definition) is 1. The summed E-state index contributed by atoms with van der Waals surface area (Å²) >= 11 is 8.41. The molecule has 1 aliphatic heterocycles. The van der Waals surface area contributed by atoms with E-state index in [4.69, 9.17) is 17.3 Å². The second-order valence-corrected chi connectivity index (χ2v) is 7.97. The third-order valence-electron chi connectivity index (χ3n) is 3.68. The summed E-state index contributed by atoms with van der Waals surface area (Å²) in [4.78, 5) is 2.51. The highest BCUT2D eigenvalue weighted by Gasteiger charge is 2.23. The van der Waals surface area contributed by atoms with Crippen LogP contribution in [0.15, 0.2) is 18.2 Å². The van der Waals surface area contributed by atoms with Gasteiger partial charge in [0, 0.05) is 35.2 Å². The van der Waals surface area contributed by atoms with E-state index >= 15 is 0 Å². The Morgan fingerprint density at radius 1 is 1.37 bits per heavy atom. The highest BCUT2D eigenvalue weighted by atomic mass is 35.5. The van der Waals surface area contributed by atoms with E-state index in [1.807, 2.05) is 6.07 Å². The molecule has 0 bridgehead atoms. The fraction of sp³-hybridized carbons (Fsp3) is 0.600. The first kappa shape index (κ1) is 15.2. The number of nitrogens with two attached hydrogens (primary N) is 1. The summed E-state index contributed by atoms with van der Waals surface area (Å²) in [5, 5.41) is 0.846. The fourth-order valence-electron chi connectivity index (χ4n) is 2.31. The van der Waals surface area contributed by atoms with Crippen LogP contribution in [0.5, 0.6) is 0 Å². The fourth-order valence-corrected chi connectivity index (χ4v) is 3.71. The van der Waals surface area contributed by atoms with Crippen molar-refractivity contribution in [2.45, 2.75) is 38.1 Å². The summed E-state index contributed by atoms with van der Waals surface area (Å²) in [6.45, 7) is 8.46. The van der Waals surface area contributed by atoms with Gasteiger partial charge in [-0.15, -0.1) is 0 Å². The molecule has 2 rings (SSSR count). The summed E-state index contributed by atoms with van der Waals surface area (Å²) in [6, 6.07) is 6.19. The van der Waals surface area contributed by atoms with Crippen LogP contribution < -0.4 is 5.73 Å². The molecule has 106 valence electrons. The van der Waals surface area contributed by atoms with Crippen LogP contribution in [0.4, 0.5) is 0 Å². The Morgan fingerprint density at radius 3 is 2.84 bits per heavy atom. The van der Waals surface area contributed by atoms with E-state index in [0.29, 0.717) is 11.3 Å². The zero-order valence-electron chi connectivity index (χ0n) is 11.8. The number of nitrogens with zero attached hydrogens (tertiary/aromatic N) is 1. The normalized spacial score (nSPS) is 20.2. The van der Waals surface area contributed by atoms with Crippen LogP contribution in [-0.4, -0.2) is 28.5 Å². The van der Waals surface area contributed by atoms with Gasteiger partial charge in [-0.3, -0.25) is 4.90 Å². The van der Waals surface area contributed by atoms with Crippen LogP contribution in [0.1, 0.15) is 31.4 Å². The number of thioether (sulfide) groups is 1. The third-order valence-corrected chi connectivity index (χ3v) is 5.40. The number of benzene rings is 1. The van der Waals surface area contributed by atoms with E-state index in [0.717, 1.165) is 30.2 Å².